The zero-order valence-electron chi connectivity index (χ0n) is 14.0. The molecule has 7 nitrogen and oxygen atoms in total. The minimum atomic E-state index is -0.595. The van der Waals surface area contributed by atoms with E-state index in [1.165, 1.54) is 4.90 Å². The molecule has 0 aliphatic rings. The van der Waals surface area contributed by atoms with Gasteiger partial charge in [0.05, 0.1) is 16.9 Å². The average Bonchev–Trinajstić information content (AvgIpc) is 2.64. The zero-order chi connectivity index (χ0) is 18.0. The fraction of sp³-hybridized carbons (Fsp3) is 0.222. The number of carbonyl (C=O) groups excluding carboxylic acids is 1. The van der Waals surface area contributed by atoms with E-state index in [0.29, 0.717) is 10.9 Å². The van der Waals surface area contributed by atoms with Crippen molar-refractivity contribution in [3.8, 4) is 0 Å². The molecule has 0 spiro atoms. The van der Waals surface area contributed by atoms with Crippen molar-refractivity contribution in [3.05, 3.63) is 75.2 Å². The highest BCUT2D eigenvalue weighted by Crippen LogP contribution is 2.17. The summed E-state index contributed by atoms with van der Waals surface area (Å²) in [4.78, 5) is 45.4. The summed E-state index contributed by atoms with van der Waals surface area (Å²) in [6.45, 7) is 1.56. The maximum atomic E-state index is 12.6. The Morgan fingerprint density at radius 3 is 2.60 bits per heavy atom. The van der Waals surface area contributed by atoms with Crippen LogP contribution in [0.25, 0.3) is 10.9 Å². The quantitative estimate of drug-likeness (QED) is 0.777. The van der Waals surface area contributed by atoms with Gasteiger partial charge in [0.25, 0.3) is 5.56 Å². The number of rotatable bonds is 4. The highest BCUT2D eigenvalue weighted by molar-refractivity contribution is 5.79. The molecular formula is C18H18N4O3. The van der Waals surface area contributed by atoms with Gasteiger partial charge in [0.1, 0.15) is 6.54 Å². The van der Waals surface area contributed by atoms with Crippen LogP contribution in [0.15, 0.2) is 58.4 Å². The predicted molar refractivity (Wildman–Crippen MR) is 94.3 cm³/mol. The Kier molecular flexibility index (Phi) is 4.47. The summed E-state index contributed by atoms with van der Waals surface area (Å²) in [6, 6.07) is 10.2. The molecule has 128 valence electrons. The van der Waals surface area contributed by atoms with Crippen LogP contribution in [0.4, 0.5) is 0 Å². The first kappa shape index (κ1) is 16.6. The largest absolute Gasteiger partial charge is 0.337 e. The van der Waals surface area contributed by atoms with E-state index in [-0.39, 0.29) is 18.5 Å². The van der Waals surface area contributed by atoms with Crippen molar-refractivity contribution in [2.45, 2.75) is 19.5 Å². The van der Waals surface area contributed by atoms with Gasteiger partial charge >= 0.3 is 5.69 Å². The number of aromatic nitrogens is 3. The second-order valence-corrected chi connectivity index (χ2v) is 5.83. The number of carbonyl (C=O) groups is 1. The molecule has 3 rings (SSSR count). The number of H-pyrrole nitrogens is 1. The molecule has 1 aromatic carbocycles. The summed E-state index contributed by atoms with van der Waals surface area (Å²) in [5.74, 6) is -0.327. The van der Waals surface area contributed by atoms with Crippen molar-refractivity contribution < 1.29 is 4.79 Å². The van der Waals surface area contributed by atoms with Gasteiger partial charge in [-0.05, 0) is 36.8 Å². The van der Waals surface area contributed by atoms with Crippen LogP contribution in [-0.4, -0.2) is 32.4 Å². The molecule has 2 aromatic heterocycles. The van der Waals surface area contributed by atoms with E-state index in [1.54, 1.807) is 43.7 Å². The first-order valence-corrected chi connectivity index (χ1v) is 7.86. The molecule has 0 saturated heterocycles. The Bertz CT molecular complexity index is 1020. The lowest BCUT2D eigenvalue weighted by atomic mass is 10.1. The van der Waals surface area contributed by atoms with Crippen LogP contribution >= 0.6 is 0 Å². The van der Waals surface area contributed by atoms with E-state index >= 15 is 0 Å². The van der Waals surface area contributed by atoms with Gasteiger partial charge in [-0.2, -0.15) is 0 Å². The summed E-state index contributed by atoms with van der Waals surface area (Å²) in [6.07, 6.45) is 3.31. The number of amides is 1. The van der Waals surface area contributed by atoms with Crippen LogP contribution in [0.2, 0.25) is 0 Å². The number of benzene rings is 1. The Morgan fingerprint density at radius 2 is 1.88 bits per heavy atom. The highest BCUT2D eigenvalue weighted by Gasteiger charge is 2.19. The Morgan fingerprint density at radius 1 is 1.20 bits per heavy atom. The smallest absolute Gasteiger partial charge is 0.329 e. The minimum absolute atomic E-state index is 0.203. The second kappa shape index (κ2) is 6.72. The molecular weight excluding hydrogens is 320 g/mol. The van der Waals surface area contributed by atoms with E-state index in [9.17, 15) is 14.4 Å². The average molecular weight is 338 g/mol. The van der Waals surface area contributed by atoms with Gasteiger partial charge in [0.15, 0.2) is 0 Å². The lowest BCUT2D eigenvalue weighted by Gasteiger charge is -2.25. The Hall–Kier alpha value is -3.22. The van der Waals surface area contributed by atoms with E-state index < -0.39 is 11.2 Å². The topological polar surface area (TPSA) is 88.1 Å². The van der Waals surface area contributed by atoms with Crippen LogP contribution in [0.5, 0.6) is 0 Å². The molecule has 0 bridgehead atoms. The number of hydrogen-bond acceptors (Lipinski definition) is 4. The van der Waals surface area contributed by atoms with E-state index in [4.69, 9.17) is 0 Å². The summed E-state index contributed by atoms with van der Waals surface area (Å²) < 4.78 is 0.931. The van der Waals surface area contributed by atoms with Crippen molar-refractivity contribution in [3.63, 3.8) is 0 Å². The van der Waals surface area contributed by atoms with E-state index in [0.717, 1.165) is 10.1 Å². The van der Waals surface area contributed by atoms with Gasteiger partial charge in [-0.25, -0.2) is 4.79 Å². The molecule has 7 heteroatoms. The summed E-state index contributed by atoms with van der Waals surface area (Å²) in [5, 5.41) is 0.375. The van der Waals surface area contributed by atoms with Gasteiger partial charge in [-0.15, -0.1) is 0 Å². The maximum Gasteiger partial charge on any atom is 0.329 e. The molecule has 1 atom stereocenters. The number of likely N-dealkylation sites (N-methyl/N-ethyl adjacent to an activating group) is 1. The molecule has 1 N–H and O–H groups in total. The number of pyridine rings is 1. The lowest BCUT2D eigenvalue weighted by molar-refractivity contribution is -0.132. The predicted octanol–water partition coefficient (Wildman–Crippen LogP) is 1.30. The second-order valence-electron chi connectivity index (χ2n) is 5.83. The number of nitrogens with one attached hydrogen (secondary N) is 1. The minimum Gasteiger partial charge on any atom is -0.337 e. The number of nitrogens with zero attached hydrogens (tertiary/aromatic N) is 3. The number of aromatic amines is 1. The van der Waals surface area contributed by atoms with Crippen molar-refractivity contribution in [1.82, 2.24) is 19.4 Å². The zero-order valence-corrected chi connectivity index (χ0v) is 14.0. The molecule has 0 saturated carbocycles. The third-order valence-corrected chi connectivity index (χ3v) is 4.35. The van der Waals surface area contributed by atoms with Gasteiger partial charge in [0, 0.05) is 19.4 Å². The fourth-order valence-electron chi connectivity index (χ4n) is 2.67. The van der Waals surface area contributed by atoms with Crippen LogP contribution in [-0.2, 0) is 11.3 Å². The van der Waals surface area contributed by atoms with Crippen LogP contribution in [0.3, 0.4) is 0 Å². The molecule has 2 heterocycles. The molecule has 0 radical (unpaired) electrons. The normalized spacial score (nSPS) is 12.1. The summed E-state index contributed by atoms with van der Waals surface area (Å²) in [5.41, 5.74) is 0.310. The monoisotopic (exact) mass is 338 g/mol. The molecule has 0 fully saturated rings. The molecule has 1 amide bonds. The summed E-state index contributed by atoms with van der Waals surface area (Å²) >= 11 is 0. The Labute approximate surface area is 143 Å². The van der Waals surface area contributed by atoms with Gasteiger partial charge in [0.2, 0.25) is 5.91 Å². The number of hydrogen-bond donors (Lipinski definition) is 1. The lowest BCUT2D eigenvalue weighted by Crippen LogP contribution is -2.41. The van der Waals surface area contributed by atoms with Crippen molar-refractivity contribution in [1.29, 1.82) is 0 Å². The van der Waals surface area contributed by atoms with Crippen molar-refractivity contribution in [2.75, 3.05) is 7.05 Å². The molecule has 0 aliphatic heterocycles. The number of para-hydroxylation sites is 1. The van der Waals surface area contributed by atoms with Crippen LogP contribution in [0, 0.1) is 0 Å². The van der Waals surface area contributed by atoms with E-state index in [1.807, 2.05) is 19.1 Å². The molecule has 1 unspecified atom stereocenters. The third-order valence-electron chi connectivity index (χ3n) is 4.35. The van der Waals surface area contributed by atoms with Crippen LogP contribution < -0.4 is 11.2 Å². The highest BCUT2D eigenvalue weighted by atomic mass is 16.2. The standard InChI is InChI=1S/C18H18N4O3/c1-12(13-7-9-19-10-8-13)21(2)16(23)11-22-17(24)14-5-3-4-6-15(14)20-18(22)25/h3-10,12H,11H2,1-2H3,(H,20,25). The first-order chi connectivity index (χ1) is 12.0. The van der Waals surface area contributed by atoms with Gasteiger partial charge in [-0.1, -0.05) is 12.1 Å². The molecule has 25 heavy (non-hydrogen) atoms. The SMILES string of the molecule is CC(c1ccncc1)N(C)C(=O)Cn1c(=O)[nH]c2ccccc2c1=O. The first-order valence-electron chi connectivity index (χ1n) is 7.86. The maximum absolute atomic E-state index is 12.6. The number of fused-ring (bicyclic) bond motifs is 1. The van der Waals surface area contributed by atoms with Gasteiger partial charge in [-0.3, -0.25) is 19.1 Å². The fourth-order valence-corrected chi connectivity index (χ4v) is 2.67. The molecule has 0 aliphatic carbocycles. The van der Waals surface area contributed by atoms with Gasteiger partial charge < -0.3 is 9.88 Å². The van der Waals surface area contributed by atoms with E-state index in [2.05, 4.69) is 9.97 Å². The third kappa shape index (κ3) is 3.21. The molecule has 3 aromatic rings. The van der Waals surface area contributed by atoms with Crippen molar-refractivity contribution >= 4 is 16.8 Å². The van der Waals surface area contributed by atoms with Crippen LogP contribution in [0.1, 0.15) is 18.5 Å². The van der Waals surface area contributed by atoms with Crippen molar-refractivity contribution in [2.24, 2.45) is 0 Å². The Balaban J connectivity index is 1.89. The summed E-state index contributed by atoms with van der Waals surface area (Å²) in [7, 11) is 1.65.